The lowest BCUT2D eigenvalue weighted by atomic mass is 10.1. The van der Waals surface area contributed by atoms with Crippen LogP contribution in [0.15, 0.2) is 24.3 Å². The summed E-state index contributed by atoms with van der Waals surface area (Å²) < 4.78 is 0. The highest BCUT2D eigenvalue weighted by Crippen LogP contribution is 2.04. The molecule has 1 aromatic rings. The molecule has 4 N–H and O–H groups in total. The van der Waals surface area contributed by atoms with E-state index in [0.29, 0.717) is 0 Å². The van der Waals surface area contributed by atoms with Gasteiger partial charge in [0.1, 0.15) is 0 Å². The number of nitrogens with one attached hydrogen (secondary N) is 1. The van der Waals surface area contributed by atoms with Crippen molar-refractivity contribution in [3.8, 4) is 0 Å². The molecule has 0 fully saturated rings. The van der Waals surface area contributed by atoms with Gasteiger partial charge in [0.25, 0.3) is 0 Å². The third kappa shape index (κ3) is 3.36. The number of nitrogens with two attached hydrogens (primary N) is 1. The van der Waals surface area contributed by atoms with Crippen LogP contribution in [0.25, 0.3) is 0 Å². The Bertz CT molecular complexity index is 402. The molecular weight excluding hydrogens is 208 g/mol. The van der Waals surface area contributed by atoms with Crippen molar-refractivity contribution in [2.45, 2.75) is 19.5 Å². The highest BCUT2D eigenvalue weighted by atomic mass is 16.4. The Morgan fingerprint density at radius 1 is 1.50 bits per heavy atom. The van der Waals surface area contributed by atoms with Crippen LogP contribution in [0.1, 0.15) is 22.8 Å². The van der Waals surface area contributed by atoms with Gasteiger partial charge in [0, 0.05) is 6.54 Å². The molecule has 0 saturated carbocycles. The quantitative estimate of drug-likeness (QED) is 0.685. The van der Waals surface area contributed by atoms with Gasteiger partial charge in [-0.1, -0.05) is 12.1 Å². The first-order valence-corrected chi connectivity index (χ1v) is 4.86. The molecule has 0 saturated heterocycles. The van der Waals surface area contributed by atoms with E-state index in [2.05, 4.69) is 5.32 Å². The fraction of sp³-hybridized carbons (Fsp3) is 0.273. The molecule has 0 aliphatic rings. The first kappa shape index (κ1) is 12.2. The van der Waals surface area contributed by atoms with Crippen LogP contribution in [0.4, 0.5) is 0 Å². The molecule has 0 radical (unpaired) electrons. The molecule has 1 rings (SSSR count). The highest BCUT2D eigenvalue weighted by Gasteiger charge is 2.07. The van der Waals surface area contributed by atoms with Crippen molar-refractivity contribution in [1.29, 1.82) is 0 Å². The third-order valence-corrected chi connectivity index (χ3v) is 2.05. The summed E-state index contributed by atoms with van der Waals surface area (Å²) in [4.78, 5) is 21.9. The van der Waals surface area contributed by atoms with Crippen LogP contribution in [-0.4, -0.2) is 23.0 Å². The van der Waals surface area contributed by atoms with Gasteiger partial charge in [-0.2, -0.15) is 0 Å². The van der Waals surface area contributed by atoms with Gasteiger partial charge >= 0.3 is 5.97 Å². The van der Waals surface area contributed by atoms with Crippen LogP contribution in [0.3, 0.4) is 0 Å². The molecule has 86 valence electrons. The average molecular weight is 222 g/mol. The summed E-state index contributed by atoms with van der Waals surface area (Å²) in [5.41, 5.74) is 6.30. The van der Waals surface area contributed by atoms with E-state index in [1.165, 1.54) is 12.1 Å². The number of carboxylic acids is 1. The molecule has 1 atom stereocenters. The lowest BCUT2D eigenvalue weighted by molar-refractivity contribution is -0.122. The minimum Gasteiger partial charge on any atom is -0.478 e. The van der Waals surface area contributed by atoms with Crippen molar-refractivity contribution < 1.29 is 14.7 Å². The number of hydrogen-bond donors (Lipinski definition) is 3. The predicted molar refractivity (Wildman–Crippen MR) is 58.9 cm³/mol. The summed E-state index contributed by atoms with van der Waals surface area (Å²) in [6.07, 6.45) is 0. The van der Waals surface area contributed by atoms with E-state index < -0.39 is 12.0 Å². The molecule has 0 heterocycles. The van der Waals surface area contributed by atoms with Gasteiger partial charge in [-0.3, -0.25) is 4.79 Å². The van der Waals surface area contributed by atoms with Crippen molar-refractivity contribution in [3.05, 3.63) is 35.4 Å². The lowest BCUT2D eigenvalue weighted by Gasteiger charge is -2.08. The topological polar surface area (TPSA) is 92.4 Å². The van der Waals surface area contributed by atoms with Crippen molar-refractivity contribution in [1.82, 2.24) is 5.32 Å². The lowest BCUT2D eigenvalue weighted by Crippen LogP contribution is -2.37. The second kappa shape index (κ2) is 5.27. The number of aromatic carboxylic acids is 1. The smallest absolute Gasteiger partial charge is 0.335 e. The molecule has 5 nitrogen and oxygen atoms in total. The number of hydrogen-bond acceptors (Lipinski definition) is 3. The summed E-state index contributed by atoms with van der Waals surface area (Å²) in [6.45, 7) is 1.87. The van der Waals surface area contributed by atoms with E-state index in [1.807, 2.05) is 0 Å². The third-order valence-electron chi connectivity index (χ3n) is 2.05. The zero-order valence-corrected chi connectivity index (χ0v) is 8.93. The molecule has 0 unspecified atom stereocenters. The van der Waals surface area contributed by atoms with Crippen LogP contribution in [-0.2, 0) is 11.3 Å². The standard InChI is InChI=1S/C11H14N2O3/c1-7(12)10(14)13-6-8-3-2-4-9(5-8)11(15)16/h2-5,7H,6,12H2,1H3,(H,13,14)(H,15,16)/t7-/m0/s1. The Kier molecular flexibility index (Phi) is 4.02. The van der Waals surface area contributed by atoms with Crippen LogP contribution in [0.2, 0.25) is 0 Å². The Morgan fingerprint density at radius 3 is 2.75 bits per heavy atom. The largest absolute Gasteiger partial charge is 0.478 e. The van der Waals surface area contributed by atoms with E-state index in [4.69, 9.17) is 10.8 Å². The maximum atomic E-state index is 11.2. The Morgan fingerprint density at radius 2 is 2.19 bits per heavy atom. The van der Waals surface area contributed by atoms with E-state index in [1.54, 1.807) is 19.1 Å². The Labute approximate surface area is 93.3 Å². The van der Waals surface area contributed by atoms with Crippen LogP contribution >= 0.6 is 0 Å². The average Bonchev–Trinajstić information content (AvgIpc) is 2.26. The number of amides is 1. The van der Waals surface area contributed by atoms with Gasteiger partial charge in [0.15, 0.2) is 0 Å². The molecule has 16 heavy (non-hydrogen) atoms. The van der Waals surface area contributed by atoms with Crippen molar-refractivity contribution >= 4 is 11.9 Å². The fourth-order valence-electron chi connectivity index (χ4n) is 1.16. The second-order valence-electron chi connectivity index (χ2n) is 3.51. The molecule has 1 aromatic carbocycles. The first-order valence-electron chi connectivity index (χ1n) is 4.86. The van der Waals surface area contributed by atoms with E-state index in [9.17, 15) is 9.59 Å². The van der Waals surface area contributed by atoms with Gasteiger partial charge in [-0.15, -0.1) is 0 Å². The van der Waals surface area contributed by atoms with Gasteiger partial charge in [-0.05, 0) is 24.6 Å². The molecule has 0 aromatic heterocycles. The van der Waals surface area contributed by atoms with Gasteiger partial charge in [0.05, 0.1) is 11.6 Å². The van der Waals surface area contributed by atoms with Crippen LogP contribution in [0.5, 0.6) is 0 Å². The molecule has 0 spiro atoms. The predicted octanol–water partition coefficient (Wildman–Crippen LogP) is 0.348. The van der Waals surface area contributed by atoms with Crippen LogP contribution < -0.4 is 11.1 Å². The summed E-state index contributed by atoms with van der Waals surface area (Å²) in [6, 6.07) is 5.83. The van der Waals surface area contributed by atoms with E-state index in [0.717, 1.165) is 5.56 Å². The van der Waals surface area contributed by atoms with Gasteiger partial charge < -0.3 is 16.2 Å². The SMILES string of the molecule is C[C@H](N)C(=O)NCc1cccc(C(=O)O)c1. The molecule has 0 aliphatic carbocycles. The zero-order chi connectivity index (χ0) is 12.1. The molecule has 0 bridgehead atoms. The first-order chi connectivity index (χ1) is 7.50. The van der Waals surface area contributed by atoms with Crippen LogP contribution in [0, 0.1) is 0 Å². The summed E-state index contributed by atoms with van der Waals surface area (Å²) in [5.74, 6) is -1.25. The maximum absolute atomic E-state index is 11.2. The molecule has 0 aliphatic heterocycles. The fourth-order valence-corrected chi connectivity index (χ4v) is 1.16. The maximum Gasteiger partial charge on any atom is 0.335 e. The monoisotopic (exact) mass is 222 g/mol. The van der Waals surface area contributed by atoms with Gasteiger partial charge in [0.2, 0.25) is 5.91 Å². The number of carbonyl (C=O) groups is 2. The minimum atomic E-state index is -0.986. The molecule has 1 amide bonds. The number of carboxylic acid groups (broad SMARTS) is 1. The summed E-state index contributed by atoms with van der Waals surface area (Å²) >= 11 is 0. The van der Waals surface area contributed by atoms with E-state index >= 15 is 0 Å². The Balaban J connectivity index is 2.64. The highest BCUT2D eigenvalue weighted by molar-refractivity contribution is 5.87. The van der Waals surface area contributed by atoms with Crippen molar-refractivity contribution in [2.24, 2.45) is 5.73 Å². The van der Waals surface area contributed by atoms with Gasteiger partial charge in [-0.25, -0.2) is 4.79 Å². The number of carbonyl (C=O) groups excluding carboxylic acids is 1. The summed E-state index contributed by atoms with van der Waals surface area (Å²) in [5, 5.41) is 11.4. The zero-order valence-electron chi connectivity index (χ0n) is 8.93. The summed E-state index contributed by atoms with van der Waals surface area (Å²) in [7, 11) is 0. The molecule has 5 heteroatoms. The Hall–Kier alpha value is -1.88. The minimum absolute atomic E-state index is 0.201. The molecular formula is C11H14N2O3. The number of rotatable bonds is 4. The number of benzene rings is 1. The van der Waals surface area contributed by atoms with E-state index in [-0.39, 0.29) is 18.0 Å². The van der Waals surface area contributed by atoms with Crippen molar-refractivity contribution in [2.75, 3.05) is 0 Å². The second-order valence-corrected chi connectivity index (χ2v) is 3.51. The van der Waals surface area contributed by atoms with Crippen molar-refractivity contribution in [3.63, 3.8) is 0 Å². The normalized spacial score (nSPS) is 11.9.